The van der Waals surface area contributed by atoms with Gasteiger partial charge in [0.25, 0.3) is 0 Å². The van der Waals surface area contributed by atoms with Crippen LogP contribution in [0.15, 0.2) is 48.8 Å². The number of anilines is 1. The summed E-state index contributed by atoms with van der Waals surface area (Å²) in [5, 5.41) is 0. The van der Waals surface area contributed by atoms with Crippen molar-refractivity contribution in [3.63, 3.8) is 0 Å². The second kappa shape index (κ2) is 5.28. The zero-order chi connectivity index (χ0) is 14.8. The van der Waals surface area contributed by atoms with Crippen LogP contribution >= 0.6 is 0 Å². The molecule has 0 unspecified atom stereocenters. The number of aromatic nitrogens is 2. The minimum absolute atomic E-state index is 0.317. The third-order valence-corrected chi connectivity index (χ3v) is 3.23. The Bertz CT molecular complexity index is 808. The lowest BCUT2D eigenvalue weighted by atomic mass is 10.1. The third kappa shape index (κ3) is 2.33. The standard InChI is InChI=1S/C16H15N3O2/c1-2-21-16(20)12-9-11(17)7-8-14(12)19-10-18-13-5-3-4-6-15(13)19/h3-10H,2,17H2,1H3. The molecule has 3 aromatic rings. The summed E-state index contributed by atoms with van der Waals surface area (Å²) in [6.07, 6.45) is 1.69. The van der Waals surface area contributed by atoms with Gasteiger partial charge < -0.3 is 10.5 Å². The summed E-state index contributed by atoms with van der Waals surface area (Å²) in [6.45, 7) is 2.09. The maximum absolute atomic E-state index is 12.1. The van der Waals surface area contributed by atoms with E-state index in [1.54, 1.807) is 31.5 Å². The van der Waals surface area contributed by atoms with Crippen molar-refractivity contribution in [2.75, 3.05) is 12.3 Å². The fourth-order valence-corrected chi connectivity index (χ4v) is 2.29. The van der Waals surface area contributed by atoms with Crippen molar-refractivity contribution in [3.8, 4) is 5.69 Å². The molecule has 2 aromatic carbocycles. The van der Waals surface area contributed by atoms with E-state index >= 15 is 0 Å². The SMILES string of the molecule is CCOC(=O)c1cc(N)ccc1-n1cnc2ccccc21. The number of nitrogens with zero attached hydrogens (tertiary/aromatic N) is 2. The summed E-state index contributed by atoms with van der Waals surface area (Å²) in [6, 6.07) is 12.9. The molecule has 1 aromatic heterocycles. The summed E-state index contributed by atoms with van der Waals surface area (Å²) < 4.78 is 6.97. The molecular formula is C16H15N3O2. The van der Waals surface area contributed by atoms with Gasteiger partial charge in [-0.3, -0.25) is 4.57 Å². The second-order valence-electron chi connectivity index (χ2n) is 4.60. The van der Waals surface area contributed by atoms with Gasteiger partial charge in [-0.2, -0.15) is 0 Å². The first-order valence-corrected chi connectivity index (χ1v) is 6.70. The average molecular weight is 281 g/mol. The van der Waals surface area contributed by atoms with Crippen molar-refractivity contribution in [2.24, 2.45) is 0 Å². The van der Waals surface area contributed by atoms with Crippen LogP contribution in [0.25, 0.3) is 16.7 Å². The van der Waals surface area contributed by atoms with Crippen LogP contribution in [0.2, 0.25) is 0 Å². The van der Waals surface area contributed by atoms with Gasteiger partial charge in [-0.25, -0.2) is 9.78 Å². The van der Waals surface area contributed by atoms with Gasteiger partial charge in [-0.05, 0) is 37.3 Å². The molecule has 106 valence electrons. The van der Waals surface area contributed by atoms with Crippen LogP contribution in [0.4, 0.5) is 5.69 Å². The highest BCUT2D eigenvalue weighted by Crippen LogP contribution is 2.23. The zero-order valence-corrected chi connectivity index (χ0v) is 11.6. The maximum atomic E-state index is 12.1. The molecule has 5 nitrogen and oxygen atoms in total. The molecule has 0 spiro atoms. The summed E-state index contributed by atoms with van der Waals surface area (Å²) in [5.74, 6) is -0.391. The van der Waals surface area contributed by atoms with Crippen LogP contribution < -0.4 is 5.73 Å². The summed E-state index contributed by atoms with van der Waals surface area (Å²) in [7, 11) is 0. The van der Waals surface area contributed by atoms with Crippen molar-refractivity contribution in [1.29, 1.82) is 0 Å². The quantitative estimate of drug-likeness (QED) is 0.592. The fraction of sp³-hybridized carbons (Fsp3) is 0.125. The van der Waals surface area contributed by atoms with E-state index in [9.17, 15) is 4.79 Å². The van der Waals surface area contributed by atoms with Crippen LogP contribution in [0, 0.1) is 0 Å². The van der Waals surface area contributed by atoms with Crippen molar-refractivity contribution in [2.45, 2.75) is 6.92 Å². The highest BCUT2D eigenvalue weighted by molar-refractivity contribution is 5.95. The number of esters is 1. The van der Waals surface area contributed by atoms with Gasteiger partial charge in [0.05, 0.1) is 28.9 Å². The fourth-order valence-electron chi connectivity index (χ4n) is 2.29. The lowest BCUT2D eigenvalue weighted by Crippen LogP contribution is -2.10. The number of benzene rings is 2. The molecule has 0 atom stereocenters. The molecule has 0 fully saturated rings. The van der Waals surface area contributed by atoms with Gasteiger partial charge in [-0.1, -0.05) is 12.1 Å². The van der Waals surface area contributed by atoms with E-state index in [4.69, 9.17) is 10.5 Å². The van der Waals surface area contributed by atoms with Crippen molar-refractivity contribution in [3.05, 3.63) is 54.4 Å². The van der Waals surface area contributed by atoms with Crippen LogP contribution in [-0.4, -0.2) is 22.1 Å². The van der Waals surface area contributed by atoms with Crippen LogP contribution in [-0.2, 0) is 4.74 Å². The molecule has 0 saturated heterocycles. The van der Waals surface area contributed by atoms with E-state index in [0.717, 1.165) is 11.0 Å². The van der Waals surface area contributed by atoms with Gasteiger partial charge >= 0.3 is 5.97 Å². The van der Waals surface area contributed by atoms with Crippen molar-refractivity contribution >= 4 is 22.7 Å². The average Bonchev–Trinajstić information content (AvgIpc) is 2.91. The van der Waals surface area contributed by atoms with Crippen LogP contribution in [0.5, 0.6) is 0 Å². The summed E-state index contributed by atoms with van der Waals surface area (Å²) in [5.41, 5.74) is 9.24. The zero-order valence-electron chi connectivity index (χ0n) is 11.6. The number of hydrogen-bond donors (Lipinski definition) is 1. The van der Waals surface area contributed by atoms with Crippen LogP contribution in [0.3, 0.4) is 0 Å². The molecule has 1 heterocycles. The molecule has 0 aliphatic heterocycles. The Morgan fingerprint density at radius 3 is 2.90 bits per heavy atom. The largest absolute Gasteiger partial charge is 0.462 e. The van der Waals surface area contributed by atoms with Gasteiger partial charge in [0, 0.05) is 5.69 Å². The third-order valence-electron chi connectivity index (χ3n) is 3.23. The summed E-state index contributed by atoms with van der Waals surface area (Å²) >= 11 is 0. The van der Waals surface area contributed by atoms with Gasteiger partial charge in [0.2, 0.25) is 0 Å². The first-order valence-electron chi connectivity index (χ1n) is 6.70. The van der Waals surface area contributed by atoms with E-state index in [2.05, 4.69) is 4.98 Å². The maximum Gasteiger partial charge on any atom is 0.340 e. The highest BCUT2D eigenvalue weighted by Gasteiger charge is 2.16. The molecule has 0 aliphatic rings. The lowest BCUT2D eigenvalue weighted by molar-refractivity contribution is 0.0526. The van der Waals surface area contributed by atoms with Gasteiger partial charge in [0.15, 0.2) is 0 Å². The first kappa shape index (κ1) is 13.2. The molecule has 21 heavy (non-hydrogen) atoms. The van der Waals surface area contributed by atoms with E-state index < -0.39 is 5.97 Å². The Balaban J connectivity index is 2.20. The minimum Gasteiger partial charge on any atom is -0.462 e. The predicted molar refractivity (Wildman–Crippen MR) is 81.4 cm³/mol. The van der Waals surface area contributed by atoms with Gasteiger partial charge in [0.1, 0.15) is 6.33 Å². The topological polar surface area (TPSA) is 70.1 Å². The number of nitrogens with two attached hydrogens (primary N) is 1. The van der Waals surface area contributed by atoms with Crippen molar-refractivity contribution < 1.29 is 9.53 Å². The van der Waals surface area contributed by atoms with E-state index in [1.165, 1.54) is 0 Å². The number of rotatable bonds is 3. The number of hydrogen-bond acceptors (Lipinski definition) is 4. The number of nitrogen functional groups attached to an aromatic ring is 1. The molecule has 0 amide bonds. The monoisotopic (exact) mass is 281 g/mol. The Hall–Kier alpha value is -2.82. The first-order chi connectivity index (χ1) is 10.2. The Morgan fingerprint density at radius 2 is 2.10 bits per heavy atom. The molecule has 5 heteroatoms. The summed E-state index contributed by atoms with van der Waals surface area (Å²) in [4.78, 5) is 16.5. The number of para-hydroxylation sites is 2. The Kier molecular flexibility index (Phi) is 3.31. The van der Waals surface area contributed by atoms with Gasteiger partial charge in [-0.15, -0.1) is 0 Å². The molecular weight excluding hydrogens is 266 g/mol. The second-order valence-corrected chi connectivity index (χ2v) is 4.60. The molecule has 0 saturated carbocycles. The smallest absolute Gasteiger partial charge is 0.340 e. The number of carbonyl (C=O) groups excluding carboxylic acids is 1. The van der Waals surface area contributed by atoms with E-state index in [-0.39, 0.29) is 0 Å². The van der Waals surface area contributed by atoms with E-state index in [0.29, 0.717) is 23.5 Å². The number of imidazole rings is 1. The Labute approximate surface area is 122 Å². The van der Waals surface area contributed by atoms with Crippen molar-refractivity contribution in [1.82, 2.24) is 9.55 Å². The minimum atomic E-state index is -0.391. The number of carbonyl (C=O) groups is 1. The Morgan fingerprint density at radius 1 is 1.29 bits per heavy atom. The molecule has 0 aliphatic carbocycles. The molecule has 0 radical (unpaired) electrons. The predicted octanol–water partition coefficient (Wildman–Crippen LogP) is 2.78. The van der Waals surface area contributed by atoms with E-state index in [1.807, 2.05) is 28.8 Å². The molecule has 0 bridgehead atoms. The number of ether oxygens (including phenoxy) is 1. The lowest BCUT2D eigenvalue weighted by Gasteiger charge is -2.11. The number of fused-ring (bicyclic) bond motifs is 1. The van der Waals surface area contributed by atoms with Crippen LogP contribution in [0.1, 0.15) is 17.3 Å². The molecule has 2 N–H and O–H groups in total. The normalized spacial score (nSPS) is 10.7. The molecule has 3 rings (SSSR count). The highest BCUT2D eigenvalue weighted by atomic mass is 16.5.